The largest absolute Gasteiger partial charge is 0.351 e. The minimum atomic E-state index is -0.652. The number of nitrogens with zero attached hydrogens (tertiary/aromatic N) is 1. The highest BCUT2D eigenvalue weighted by molar-refractivity contribution is 6.30. The van der Waals surface area contributed by atoms with Crippen LogP contribution in [0.15, 0.2) is 54.7 Å². The number of quaternary nitrogens is 1. The molecule has 0 fully saturated rings. The molecule has 0 aliphatic heterocycles. The number of carbonyl (C=O) groups is 3. The van der Waals surface area contributed by atoms with Gasteiger partial charge >= 0.3 is 11.9 Å². The Kier molecular flexibility index (Phi) is 7.41. The summed E-state index contributed by atoms with van der Waals surface area (Å²) >= 11 is 5.97. The van der Waals surface area contributed by atoms with Gasteiger partial charge in [0, 0.05) is 29.6 Å². The topological polar surface area (TPSA) is 137 Å². The van der Waals surface area contributed by atoms with E-state index in [-0.39, 0.29) is 24.8 Å². The first-order valence-electron chi connectivity index (χ1n) is 9.87. The zero-order valence-electron chi connectivity index (χ0n) is 16.9. The fourth-order valence-electron chi connectivity index (χ4n) is 3.48. The van der Waals surface area contributed by atoms with Crippen LogP contribution < -0.4 is 22.1 Å². The molecule has 0 aliphatic carbocycles. The zero-order chi connectivity index (χ0) is 22.4. The summed E-state index contributed by atoms with van der Waals surface area (Å²) in [6, 6.07) is 13.1. The number of benzene rings is 2. The van der Waals surface area contributed by atoms with Crippen molar-refractivity contribution in [2.45, 2.75) is 25.4 Å². The smallest absolute Gasteiger partial charge is 0.323 e. The Bertz CT molecular complexity index is 1110. The van der Waals surface area contributed by atoms with Gasteiger partial charge < -0.3 is 16.8 Å². The molecule has 0 aliphatic rings. The van der Waals surface area contributed by atoms with Crippen LogP contribution in [0.1, 0.15) is 17.5 Å². The molecule has 1 aromatic heterocycles. The van der Waals surface area contributed by atoms with E-state index in [4.69, 9.17) is 23.1 Å². The molecule has 1 heterocycles. The van der Waals surface area contributed by atoms with E-state index >= 15 is 0 Å². The number of hydrogen-bond acceptors (Lipinski definition) is 4. The molecule has 7 N–H and O–H groups in total. The molecule has 9 heteroatoms. The first-order chi connectivity index (χ1) is 14.9. The van der Waals surface area contributed by atoms with Gasteiger partial charge in [0.25, 0.3) is 5.91 Å². The van der Waals surface area contributed by atoms with Gasteiger partial charge in [0.2, 0.25) is 0 Å². The third kappa shape index (κ3) is 5.69. The molecular formula is C22H25ClN5O3+. The molecule has 3 aromatic rings. The van der Waals surface area contributed by atoms with Gasteiger partial charge in [0.15, 0.2) is 6.04 Å². The molecule has 1 unspecified atom stereocenters. The molecule has 0 saturated carbocycles. The summed E-state index contributed by atoms with van der Waals surface area (Å²) in [4.78, 5) is 37.1. The maximum Gasteiger partial charge on any atom is 0.323 e. The molecular weight excluding hydrogens is 418 g/mol. The van der Waals surface area contributed by atoms with Gasteiger partial charge in [-0.1, -0.05) is 41.9 Å². The van der Waals surface area contributed by atoms with E-state index in [0.29, 0.717) is 29.1 Å². The van der Waals surface area contributed by atoms with Crippen molar-refractivity contribution in [2.75, 3.05) is 6.54 Å². The first-order valence-corrected chi connectivity index (χ1v) is 10.3. The number of primary amides is 2. The molecule has 3 rings (SSSR count). The molecule has 0 saturated heterocycles. The third-order valence-corrected chi connectivity index (χ3v) is 5.19. The number of halogens is 1. The number of aromatic nitrogens is 1. The van der Waals surface area contributed by atoms with E-state index in [1.807, 2.05) is 18.2 Å². The average Bonchev–Trinajstić information content (AvgIpc) is 3.10. The van der Waals surface area contributed by atoms with Gasteiger partial charge in [-0.25, -0.2) is 9.59 Å². The number of carbonyl (C=O) groups excluding carboxylic acids is 3. The van der Waals surface area contributed by atoms with E-state index in [2.05, 4.69) is 5.32 Å². The van der Waals surface area contributed by atoms with E-state index < -0.39 is 12.1 Å². The monoisotopic (exact) mass is 442 g/mol. The fourth-order valence-corrected chi connectivity index (χ4v) is 3.69. The summed E-state index contributed by atoms with van der Waals surface area (Å²) in [6.45, 7) is 0.564. The van der Waals surface area contributed by atoms with Crippen molar-refractivity contribution in [3.05, 3.63) is 70.9 Å². The zero-order valence-corrected chi connectivity index (χ0v) is 17.6. The van der Waals surface area contributed by atoms with Crippen LogP contribution in [-0.4, -0.2) is 35.0 Å². The van der Waals surface area contributed by atoms with Gasteiger partial charge in [-0.3, -0.25) is 14.7 Å². The highest BCUT2D eigenvalue weighted by Gasteiger charge is 2.25. The Hall–Kier alpha value is -3.20. The number of para-hydroxylation sites is 1. The van der Waals surface area contributed by atoms with Crippen molar-refractivity contribution in [3.63, 3.8) is 0 Å². The number of rotatable bonds is 8. The van der Waals surface area contributed by atoms with E-state index in [0.717, 1.165) is 10.9 Å². The number of hydrogen-bond donors (Lipinski definition) is 4. The maximum absolute atomic E-state index is 12.7. The van der Waals surface area contributed by atoms with E-state index in [1.165, 1.54) is 9.88 Å². The van der Waals surface area contributed by atoms with Crippen LogP contribution in [0, 0.1) is 0 Å². The average molecular weight is 443 g/mol. The molecule has 1 atom stereocenters. The first kappa shape index (κ1) is 22.5. The minimum Gasteiger partial charge on any atom is -0.351 e. The van der Waals surface area contributed by atoms with Crippen LogP contribution in [0.5, 0.6) is 0 Å². The van der Waals surface area contributed by atoms with Crippen molar-refractivity contribution in [3.8, 4) is 0 Å². The summed E-state index contributed by atoms with van der Waals surface area (Å²) in [6.07, 6.45) is 1.95. The second kappa shape index (κ2) is 10.2. The Balaban J connectivity index is 1.67. The standard InChI is InChI=1S/C22H24ClN5O3/c23-16-5-3-4-14(10-16)12-26-21(30)18(8-9-24)27-20(29)11-15-13-28(22(25)31)19-7-2-1-6-17(15)19/h1-7,10,13,18H,8-9,11-12,24H2,(H2,25,31)(H,26,30)(H,27,29)/p+1. The molecule has 31 heavy (non-hydrogen) atoms. The minimum absolute atomic E-state index is 0.0451. The highest BCUT2D eigenvalue weighted by Crippen LogP contribution is 2.21. The normalized spacial score (nSPS) is 11.9. The van der Waals surface area contributed by atoms with E-state index in [1.54, 1.807) is 36.5 Å². The molecule has 0 bridgehead atoms. The Morgan fingerprint density at radius 1 is 1.13 bits per heavy atom. The van der Waals surface area contributed by atoms with Gasteiger partial charge in [0.1, 0.15) is 0 Å². The number of nitrogens with two attached hydrogens (primary N) is 3. The fraction of sp³-hybridized carbons (Fsp3) is 0.227. The van der Waals surface area contributed by atoms with Crippen LogP contribution in [-0.2, 0) is 22.6 Å². The molecule has 8 nitrogen and oxygen atoms in total. The predicted molar refractivity (Wildman–Crippen MR) is 118 cm³/mol. The number of fused-ring (bicyclic) bond motifs is 1. The van der Waals surface area contributed by atoms with Crippen molar-refractivity contribution in [2.24, 2.45) is 11.5 Å². The van der Waals surface area contributed by atoms with Crippen molar-refractivity contribution < 1.29 is 19.7 Å². The lowest BCUT2D eigenvalue weighted by atomic mass is 10.1. The van der Waals surface area contributed by atoms with Crippen molar-refractivity contribution in [1.82, 2.24) is 9.88 Å². The maximum atomic E-state index is 12.7. The van der Waals surface area contributed by atoms with Gasteiger partial charge in [-0.05, 0) is 35.9 Å². The Morgan fingerprint density at radius 2 is 1.90 bits per heavy atom. The lowest BCUT2D eigenvalue weighted by molar-refractivity contribution is -0.593. The summed E-state index contributed by atoms with van der Waals surface area (Å²) in [5.41, 5.74) is 13.2. The Labute approximate surface area is 184 Å². The number of amides is 3. The lowest BCUT2D eigenvalue weighted by Gasteiger charge is -2.14. The molecule has 0 radical (unpaired) electrons. The number of nitrogens with one attached hydrogen (secondary N) is 1. The molecule has 0 spiro atoms. The summed E-state index contributed by atoms with van der Waals surface area (Å²) in [5, 5.41) is 5.58. The van der Waals surface area contributed by atoms with Crippen LogP contribution in [0.25, 0.3) is 10.9 Å². The Morgan fingerprint density at radius 3 is 2.61 bits per heavy atom. The van der Waals surface area contributed by atoms with Gasteiger partial charge in [-0.15, -0.1) is 0 Å². The lowest BCUT2D eigenvalue weighted by Crippen LogP contribution is -2.96. The second-order valence-corrected chi connectivity index (χ2v) is 7.66. The van der Waals surface area contributed by atoms with Crippen LogP contribution >= 0.6 is 11.6 Å². The van der Waals surface area contributed by atoms with Crippen LogP contribution in [0.2, 0.25) is 5.02 Å². The van der Waals surface area contributed by atoms with Crippen LogP contribution in [0.4, 0.5) is 4.79 Å². The summed E-state index contributed by atoms with van der Waals surface area (Å²) in [7, 11) is 0. The van der Waals surface area contributed by atoms with Crippen molar-refractivity contribution in [1.29, 1.82) is 0 Å². The van der Waals surface area contributed by atoms with E-state index in [9.17, 15) is 14.4 Å². The van der Waals surface area contributed by atoms with Crippen LogP contribution in [0.3, 0.4) is 0 Å². The second-order valence-electron chi connectivity index (χ2n) is 7.22. The molecule has 2 aromatic carbocycles. The summed E-state index contributed by atoms with van der Waals surface area (Å²) in [5.74, 6) is -0.512. The van der Waals surface area contributed by atoms with Gasteiger partial charge in [0.05, 0.1) is 11.9 Å². The highest BCUT2D eigenvalue weighted by atomic mass is 35.5. The van der Waals surface area contributed by atoms with Crippen molar-refractivity contribution >= 4 is 40.3 Å². The molecule has 3 amide bonds. The molecule has 162 valence electrons. The third-order valence-electron chi connectivity index (χ3n) is 4.95. The SMILES string of the molecule is NCCC([NH2+]C(=O)Cc1cn(C(N)=O)c2ccccc12)C(=O)NCc1cccc(Cl)c1. The quantitative estimate of drug-likeness (QED) is 0.411. The van der Waals surface area contributed by atoms with Gasteiger partial charge in [-0.2, -0.15) is 0 Å². The summed E-state index contributed by atoms with van der Waals surface area (Å²) < 4.78 is 1.31. The predicted octanol–water partition coefficient (Wildman–Crippen LogP) is 0.888.